The van der Waals surface area contributed by atoms with Crippen molar-refractivity contribution in [1.82, 2.24) is 5.32 Å². The number of hydrogen-bond acceptors (Lipinski definition) is 3. The number of hydrogen-bond donors (Lipinski definition) is 2. The van der Waals surface area contributed by atoms with Crippen LogP contribution in [0.2, 0.25) is 0 Å². The highest BCUT2D eigenvalue weighted by molar-refractivity contribution is 5.79. The van der Waals surface area contributed by atoms with E-state index in [4.69, 9.17) is 9.84 Å². The van der Waals surface area contributed by atoms with Crippen molar-refractivity contribution in [3.05, 3.63) is 59.7 Å². The summed E-state index contributed by atoms with van der Waals surface area (Å²) in [5.41, 5.74) is 4.03. The first-order chi connectivity index (χ1) is 13.3. The third-order valence-corrected chi connectivity index (χ3v) is 4.72. The second-order valence-electron chi connectivity index (χ2n) is 6.54. The van der Waals surface area contributed by atoms with Gasteiger partial charge in [0.1, 0.15) is 6.61 Å². The molecule has 148 valence electrons. The third kappa shape index (κ3) is 4.27. The van der Waals surface area contributed by atoms with E-state index in [-0.39, 0.29) is 12.5 Å². The fourth-order valence-electron chi connectivity index (χ4n) is 3.37. The number of alkyl halides is 3. The molecule has 28 heavy (non-hydrogen) atoms. The van der Waals surface area contributed by atoms with E-state index in [1.54, 1.807) is 0 Å². The Hall–Kier alpha value is -3.03. The lowest BCUT2D eigenvalue weighted by Gasteiger charge is -2.19. The van der Waals surface area contributed by atoms with Gasteiger partial charge in [0.25, 0.3) is 0 Å². The summed E-state index contributed by atoms with van der Waals surface area (Å²) in [5.74, 6) is -3.97. The molecule has 0 bridgehead atoms. The van der Waals surface area contributed by atoms with Crippen LogP contribution in [0.3, 0.4) is 0 Å². The summed E-state index contributed by atoms with van der Waals surface area (Å²) in [6.45, 7) is -0.887. The first-order valence-corrected chi connectivity index (χ1v) is 8.64. The molecule has 0 fully saturated rings. The van der Waals surface area contributed by atoms with Crippen molar-refractivity contribution in [1.29, 1.82) is 0 Å². The maximum absolute atomic E-state index is 12.8. The molecule has 0 saturated heterocycles. The number of benzene rings is 2. The summed E-state index contributed by atoms with van der Waals surface area (Å²) in [6.07, 6.45) is -6.86. The monoisotopic (exact) mass is 393 g/mol. The average Bonchev–Trinajstić information content (AvgIpc) is 2.96. The second-order valence-corrected chi connectivity index (χ2v) is 6.54. The molecule has 0 aromatic heterocycles. The van der Waals surface area contributed by atoms with Gasteiger partial charge in [0.2, 0.25) is 0 Å². The molecule has 0 radical (unpaired) electrons. The first-order valence-electron chi connectivity index (χ1n) is 8.64. The van der Waals surface area contributed by atoms with Crippen molar-refractivity contribution >= 4 is 12.1 Å². The first kappa shape index (κ1) is 19.7. The molecule has 1 aliphatic rings. The second kappa shape index (κ2) is 7.92. The molecule has 0 unspecified atom stereocenters. The molecular weight excluding hydrogens is 375 g/mol. The van der Waals surface area contributed by atoms with Crippen molar-refractivity contribution in [2.75, 3.05) is 13.2 Å². The molecule has 0 heterocycles. The number of nitrogens with one attached hydrogen (secondary N) is 1. The number of carboxylic acids is 1. The minimum absolute atomic E-state index is 0.0323. The summed E-state index contributed by atoms with van der Waals surface area (Å²) in [6, 6.07) is 15.3. The van der Waals surface area contributed by atoms with Crippen LogP contribution in [-0.2, 0) is 9.53 Å². The Labute approximate surface area is 159 Å². The van der Waals surface area contributed by atoms with E-state index in [0.29, 0.717) is 0 Å². The predicted octanol–water partition coefficient (Wildman–Crippen LogP) is 4.18. The summed E-state index contributed by atoms with van der Waals surface area (Å²) in [5, 5.41) is 10.6. The summed E-state index contributed by atoms with van der Waals surface area (Å²) < 4.78 is 43.7. The van der Waals surface area contributed by atoms with Gasteiger partial charge in [-0.05, 0) is 22.3 Å². The number of carboxylic acid groups (broad SMARTS) is 1. The van der Waals surface area contributed by atoms with Gasteiger partial charge < -0.3 is 15.2 Å². The van der Waals surface area contributed by atoms with Crippen LogP contribution in [0, 0.1) is 5.92 Å². The van der Waals surface area contributed by atoms with E-state index in [1.807, 2.05) is 53.8 Å². The van der Waals surface area contributed by atoms with Gasteiger partial charge >= 0.3 is 18.2 Å². The normalized spacial score (nSPS) is 14.1. The van der Waals surface area contributed by atoms with Crippen LogP contribution in [0.4, 0.5) is 18.0 Å². The van der Waals surface area contributed by atoms with Crippen LogP contribution in [0.5, 0.6) is 0 Å². The van der Waals surface area contributed by atoms with Gasteiger partial charge in [-0.3, -0.25) is 4.79 Å². The van der Waals surface area contributed by atoms with Crippen molar-refractivity contribution in [2.24, 2.45) is 5.92 Å². The smallest absolute Gasteiger partial charge is 0.407 e. The molecule has 2 N–H and O–H groups in total. The van der Waals surface area contributed by atoms with Crippen molar-refractivity contribution in [3.63, 3.8) is 0 Å². The standard InChI is InChI=1S/C20H18F3NO4/c21-20(22,23)12(9-18(25)26)10-24-19(27)28-11-17-15-7-3-1-5-13(15)14-6-2-4-8-16(14)17/h1-8,12,17H,9-11H2,(H,24,27)(H,25,26)/t12-/m0/s1. The van der Waals surface area contributed by atoms with Crippen LogP contribution in [-0.4, -0.2) is 36.5 Å². The van der Waals surface area contributed by atoms with Gasteiger partial charge in [-0.1, -0.05) is 48.5 Å². The number of amides is 1. The van der Waals surface area contributed by atoms with E-state index in [1.165, 1.54) is 0 Å². The van der Waals surface area contributed by atoms with Gasteiger partial charge in [-0.15, -0.1) is 0 Å². The molecule has 2 aromatic rings. The minimum atomic E-state index is -4.73. The summed E-state index contributed by atoms with van der Waals surface area (Å²) in [7, 11) is 0. The van der Waals surface area contributed by atoms with Crippen LogP contribution < -0.4 is 5.32 Å². The number of alkyl carbamates (subject to hydrolysis) is 1. The maximum atomic E-state index is 12.8. The van der Waals surface area contributed by atoms with E-state index < -0.39 is 37.1 Å². The fourth-order valence-corrected chi connectivity index (χ4v) is 3.37. The molecule has 0 aliphatic heterocycles. The Morgan fingerprint density at radius 2 is 1.57 bits per heavy atom. The molecule has 2 aromatic carbocycles. The number of carbonyl (C=O) groups excluding carboxylic acids is 1. The zero-order chi connectivity index (χ0) is 20.3. The Kier molecular flexibility index (Phi) is 5.58. The molecular formula is C20H18F3NO4. The van der Waals surface area contributed by atoms with Gasteiger partial charge in [-0.2, -0.15) is 13.2 Å². The fraction of sp³-hybridized carbons (Fsp3) is 0.300. The van der Waals surface area contributed by atoms with E-state index in [2.05, 4.69) is 0 Å². The zero-order valence-corrected chi connectivity index (χ0v) is 14.7. The number of aliphatic carboxylic acids is 1. The SMILES string of the molecule is O=C(O)C[C@@H](CNC(=O)OCC1c2ccccc2-c2ccccc21)C(F)(F)F. The van der Waals surface area contributed by atoms with Crippen LogP contribution in [0.25, 0.3) is 11.1 Å². The number of fused-ring (bicyclic) bond motifs is 3. The Bertz CT molecular complexity index is 836. The van der Waals surface area contributed by atoms with Gasteiger partial charge in [-0.25, -0.2) is 4.79 Å². The van der Waals surface area contributed by atoms with Gasteiger partial charge in [0, 0.05) is 12.5 Å². The molecule has 1 amide bonds. The lowest BCUT2D eigenvalue weighted by Crippen LogP contribution is -2.38. The zero-order valence-electron chi connectivity index (χ0n) is 14.7. The number of rotatable bonds is 6. The molecule has 0 spiro atoms. The highest BCUT2D eigenvalue weighted by atomic mass is 19.4. The largest absolute Gasteiger partial charge is 0.481 e. The van der Waals surface area contributed by atoms with E-state index >= 15 is 0 Å². The Morgan fingerprint density at radius 1 is 1.04 bits per heavy atom. The van der Waals surface area contributed by atoms with Crippen LogP contribution in [0.1, 0.15) is 23.5 Å². The Morgan fingerprint density at radius 3 is 2.07 bits per heavy atom. The summed E-state index contributed by atoms with van der Waals surface area (Å²) >= 11 is 0. The molecule has 1 aliphatic carbocycles. The van der Waals surface area contributed by atoms with Gasteiger partial charge in [0.15, 0.2) is 0 Å². The Balaban J connectivity index is 1.63. The minimum Gasteiger partial charge on any atom is -0.481 e. The van der Waals surface area contributed by atoms with E-state index in [9.17, 15) is 22.8 Å². The van der Waals surface area contributed by atoms with E-state index in [0.717, 1.165) is 22.3 Å². The highest BCUT2D eigenvalue weighted by Gasteiger charge is 2.41. The molecule has 8 heteroatoms. The molecule has 1 atom stereocenters. The number of carbonyl (C=O) groups is 2. The van der Waals surface area contributed by atoms with Crippen molar-refractivity contribution in [2.45, 2.75) is 18.5 Å². The molecule has 3 rings (SSSR count). The number of ether oxygens (including phenoxy) is 1. The molecule has 5 nitrogen and oxygen atoms in total. The summed E-state index contributed by atoms with van der Waals surface area (Å²) in [4.78, 5) is 22.5. The van der Waals surface area contributed by atoms with Crippen molar-refractivity contribution < 1.29 is 32.6 Å². The number of halogens is 3. The predicted molar refractivity (Wildman–Crippen MR) is 94.9 cm³/mol. The average molecular weight is 393 g/mol. The van der Waals surface area contributed by atoms with Crippen LogP contribution >= 0.6 is 0 Å². The highest BCUT2D eigenvalue weighted by Crippen LogP contribution is 2.44. The third-order valence-electron chi connectivity index (χ3n) is 4.72. The van der Waals surface area contributed by atoms with Crippen molar-refractivity contribution in [3.8, 4) is 11.1 Å². The van der Waals surface area contributed by atoms with Crippen LogP contribution in [0.15, 0.2) is 48.5 Å². The van der Waals surface area contributed by atoms with Gasteiger partial charge in [0.05, 0.1) is 12.3 Å². The lowest BCUT2D eigenvalue weighted by molar-refractivity contribution is -0.181. The molecule has 0 saturated carbocycles. The lowest BCUT2D eigenvalue weighted by atomic mass is 9.98. The quantitative estimate of drug-likeness (QED) is 0.772. The maximum Gasteiger partial charge on any atom is 0.407 e. The topological polar surface area (TPSA) is 75.6 Å².